The van der Waals surface area contributed by atoms with Gasteiger partial charge in [0.15, 0.2) is 0 Å². The van der Waals surface area contributed by atoms with Gasteiger partial charge in [-0.15, -0.1) is 0 Å². The molecule has 1 nitrogen and oxygen atoms in total. The standard InChI is InChI=1S/C10H15.4ClH.Mo.H2N/c1-7-2-9-4-8(1)5-10(3-7)6-9;;;;;;/h7-9H,1-6H2;4*1H;;1H2/q;;;;;+5;-1/p-4. The maximum atomic E-state index is 6.43. The Bertz CT molecular complexity index is 311. The van der Waals surface area contributed by atoms with E-state index in [0.717, 1.165) is 19.3 Å². The van der Waals surface area contributed by atoms with Gasteiger partial charge in [0.25, 0.3) is 0 Å². The van der Waals surface area contributed by atoms with E-state index in [9.17, 15) is 0 Å². The first-order valence-electron chi connectivity index (χ1n) is 5.79. The van der Waals surface area contributed by atoms with E-state index in [2.05, 4.69) is 0 Å². The quantitative estimate of drug-likeness (QED) is 0.622. The molecule has 0 aromatic heterocycles. The van der Waals surface area contributed by atoms with Gasteiger partial charge in [0.1, 0.15) is 0 Å². The second-order valence-corrected chi connectivity index (χ2v) is 38.4. The normalized spacial score (nSPS) is 51.2. The molecular weight excluding hydrogens is 372 g/mol. The molecule has 6 heteroatoms. The van der Waals surface area contributed by atoms with E-state index in [-0.39, 0.29) is 3.80 Å². The van der Waals surface area contributed by atoms with Crippen molar-refractivity contribution in [1.82, 2.24) is 0 Å². The molecule has 0 aromatic rings. The molecule has 4 aliphatic carbocycles. The van der Waals surface area contributed by atoms with Crippen LogP contribution in [0, 0.1) is 17.8 Å². The fourth-order valence-corrected chi connectivity index (χ4v) is 13.3. The molecule has 4 aliphatic rings. The van der Waals surface area contributed by atoms with Gasteiger partial charge < -0.3 is 0 Å². The maximum absolute atomic E-state index is 6.43. The van der Waals surface area contributed by atoms with Gasteiger partial charge in [-0.3, -0.25) is 0 Å². The summed E-state index contributed by atoms with van der Waals surface area (Å²) in [5.74, 6) is 2.09. The van der Waals surface area contributed by atoms with E-state index in [0.29, 0.717) is 17.8 Å². The zero-order valence-electron chi connectivity index (χ0n) is 8.97. The molecule has 0 saturated heterocycles. The third kappa shape index (κ3) is 1.81. The van der Waals surface area contributed by atoms with Crippen molar-refractivity contribution in [3.63, 3.8) is 0 Å². The molecule has 4 fully saturated rings. The Kier molecular flexibility index (Phi) is 2.35. The third-order valence-corrected chi connectivity index (χ3v) is 18.3. The first kappa shape index (κ1) is 12.8. The van der Waals surface area contributed by atoms with Gasteiger partial charge in [0, 0.05) is 0 Å². The zero-order chi connectivity index (χ0) is 11.9. The van der Waals surface area contributed by atoms with Gasteiger partial charge in [-0.05, 0) is 0 Å². The summed E-state index contributed by atoms with van der Waals surface area (Å²) in [5, 5.41) is 0. The molecule has 0 spiro atoms. The molecule has 2 N–H and O–H groups in total. The van der Waals surface area contributed by atoms with Crippen LogP contribution in [0.5, 0.6) is 0 Å². The Morgan fingerprint density at radius 1 is 0.812 bits per heavy atom. The monoisotopic (exact) mass is 389 g/mol. The summed E-state index contributed by atoms with van der Waals surface area (Å²) in [4.78, 5) is 0. The summed E-state index contributed by atoms with van der Waals surface area (Å²) in [6, 6.07) is 0. The van der Waals surface area contributed by atoms with Crippen LogP contribution in [0.15, 0.2) is 0 Å². The first-order chi connectivity index (χ1) is 6.98. The van der Waals surface area contributed by atoms with Crippen LogP contribution in [0.3, 0.4) is 0 Å². The van der Waals surface area contributed by atoms with E-state index < -0.39 is 9.64 Å². The molecule has 4 saturated carbocycles. The van der Waals surface area contributed by atoms with Gasteiger partial charge >= 0.3 is 112 Å². The fourth-order valence-electron chi connectivity index (χ4n) is 4.55. The SMILES string of the molecule is [NH2][Mo]([Cl])([Cl])([Cl])([Cl])[C]12CC3CC(CC(C3)C1)C2. The Morgan fingerprint density at radius 3 is 1.38 bits per heavy atom. The van der Waals surface area contributed by atoms with Gasteiger partial charge in [-0.25, -0.2) is 0 Å². The van der Waals surface area contributed by atoms with E-state index in [4.69, 9.17) is 42.0 Å². The summed E-state index contributed by atoms with van der Waals surface area (Å²) in [6.07, 6.45) is 6.73. The molecule has 0 amide bonds. The Balaban J connectivity index is 2.08. The van der Waals surface area contributed by atoms with Gasteiger partial charge in [-0.1, -0.05) is 0 Å². The molecule has 0 unspecified atom stereocenters. The Hall–Kier alpha value is 1.81. The Morgan fingerprint density at radius 2 is 1.12 bits per heavy atom. The minimum absolute atomic E-state index is 0.358. The van der Waals surface area contributed by atoms with Crippen molar-refractivity contribution < 1.29 is 9.64 Å². The molecule has 0 aliphatic heterocycles. The van der Waals surface area contributed by atoms with Crippen molar-refractivity contribution in [1.29, 1.82) is 0 Å². The fraction of sp³-hybridized carbons (Fsp3) is 1.00. The van der Waals surface area contributed by atoms with Gasteiger partial charge in [0.05, 0.1) is 0 Å². The number of halogens is 4. The topological polar surface area (TPSA) is 26.0 Å². The second-order valence-electron chi connectivity index (χ2n) is 6.23. The van der Waals surface area contributed by atoms with Crippen molar-refractivity contribution in [2.24, 2.45) is 22.0 Å². The molecule has 0 aromatic carbocycles. The molecule has 0 atom stereocenters. The van der Waals surface area contributed by atoms with E-state index in [1.807, 2.05) is 0 Å². The van der Waals surface area contributed by atoms with Crippen LogP contribution < -0.4 is 4.29 Å². The summed E-state index contributed by atoms with van der Waals surface area (Å²) >= 11 is 0. The molecular formula is C10H17Cl4MoN. The van der Waals surface area contributed by atoms with Crippen LogP contribution in [0.4, 0.5) is 0 Å². The van der Waals surface area contributed by atoms with Crippen LogP contribution >= 0.6 is 37.7 Å². The molecule has 4 bridgehead atoms. The van der Waals surface area contributed by atoms with E-state index >= 15 is 0 Å². The number of hydrogen-bond acceptors (Lipinski definition) is 1. The van der Waals surface area contributed by atoms with Gasteiger partial charge in [-0.2, -0.15) is 0 Å². The van der Waals surface area contributed by atoms with Crippen molar-refractivity contribution in [2.45, 2.75) is 42.3 Å². The van der Waals surface area contributed by atoms with Crippen LogP contribution in [0.25, 0.3) is 0 Å². The van der Waals surface area contributed by atoms with Crippen molar-refractivity contribution in [3.8, 4) is 0 Å². The van der Waals surface area contributed by atoms with Crippen molar-refractivity contribution in [2.75, 3.05) is 0 Å². The summed E-state index contributed by atoms with van der Waals surface area (Å²) in [7, 11) is 20.4. The third-order valence-electron chi connectivity index (χ3n) is 4.89. The molecule has 16 heavy (non-hydrogen) atoms. The van der Waals surface area contributed by atoms with E-state index in [1.165, 1.54) is 19.3 Å². The predicted molar refractivity (Wildman–Crippen MR) is 68.5 cm³/mol. The summed E-state index contributed by atoms with van der Waals surface area (Å²) in [5.41, 5.74) is 0. The van der Waals surface area contributed by atoms with Crippen molar-refractivity contribution >= 4 is 37.7 Å². The molecule has 4 rings (SSSR count). The molecule has 0 heterocycles. The number of hydrogen-bond donors (Lipinski definition) is 1. The predicted octanol–water partition coefficient (Wildman–Crippen LogP) is 5.09. The molecule has 0 radical (unpaired) electrons. The van der Waals surface area contributed by atoms with Crippen LogP contribution in [0.2, 0.25) is 3.80 Å². The summed E-state index contributed by atoms with van der Waals surface area (Å²) in [6.45, 7) is 0. The Labute approximate surface area is 111 Å². The molecule has 96 valence electrons. The van der Waals surface area contributed by atoms with E-state index in [1.54, 1.807) is 0 Å². The average molecular weight is 389 g/mol. The first-order valence-corrected chi connectivity index (χ1v) is 18.3. The van der Waals surface area contributed by atoms with Crippen LogP contribution in [0.1, 0.15) is 38.5 Å². The number of nitrogens with two attached hydrogens (primary N) is 1. The van der Waals surface area contributed by atoms with Crippen molar-refractivity contribution in [3.05, 3.63) is 0 Å². The van der Waals surface area contributed by atoms with Crippen LogP contribution in [-0.4, -0.2) is 0 Å². The van der Waals surface area contributed by atoms with Crippen LogP contribution in [-0.2, 0) is 9.64 Å². The second kappa shape index (κ2) is 2.94. The minimum atomic E-state index is -5.33. The van der Waals surface area contributed by atoms with Gasteiger partial charge in [0.2, 0.25) is 0 Å². The summed E-state index contributed by atoms with van der Waals surface area (Å²) < 4.78 is 5.81. The average Bonchev–Trinajstić information content (AvgIpc) is 1.94. The zero-order valence-corrected chi connectivity index (χ0v) is 14.0. The number of rotatable bonds is 1.